The number of ketones is 1. The summed E-state index contributed by atoms with van der Waals surface area (Å²) < 4.78 is 5.10. The summed E-state index contributed by atoms with van der Waals surface area (Å²) in [5, 5.41) is 0. The van der Waals surface area contributed by atoms with Crippen molar-refractivity contribution in [1.82, 2.24) is 4.90 Å². The van der Waals surface area contributed by atoms with Gasteiger partial charge in [0.25, 0.3) is 0 Å². The Hall–Kier alpha value is -1.16. The topological polar surface area (TPSA) is 46.6 Å². The van der Waals surface area contributed by atoms with Crippen molar-refractivity contribution in [2.24, 2.45) is 11.8 Å². The molecule has 1 saturated heterocycles. The zero-order valence-corrected chi connectivity index (χ0v) is 10.6. The quantitative estimate of drug-likeness (QED) is 0.673. The highest BCUT2D eigenvalue weighted by Gasteiger charge is 2.51. The van der Waals surface area contributed by atoms with E-state index in [1.165, 1.54) is 0 Å². The van der Waals surface area contributed by atoms with Crippen LogP contribution in [-0.4, -0.2) is 42.4 Å². The van der Waals surface area contributed by atoms with Gasteiger partial charge in [-0.1, -0.05) is 13.0 Å². The van der Waals surface area contributed by atoms with Crippen molar-refractivity contribution in [2.75, 3.05) is 13.7 Å². The largest absolute Gasteiger partial charge is 0.465 e. The minimum atomic E-state index is -0.284. The highest BCUT2D eigenvalue weighted by molar-refractivity contribution is 5.94. The number of allylic oxidation sites excluding steroid dienone is 1. The van der Waals surface area contributed by atoms with E-state index in [4.69, 9.17) is 4.74 Å². The number of fused-ring (bicyclic) bond motifs is 1. The Bertz CT molecular complexity index is 364. The van der Waals surface area contributed by atoms with E-state index in [0.717, 1.165) is 6.42 Å². The molecule has 94 valence electrons. The summed E-state index contributed by atoms with van der Waals surface area (Å²) >= 11 is 0. The molecule has 0 aromatic carbocycles. The van der Waals surface area contributed by atoms with Gasteiger partial charge in [-0.05, 0) is 32.4 Å². The first kappa shape index (κ1) is 12.3. The number of hydrogen-bond acceptors (Lipinski definition) is 4. The molecule has 1 fully saturated rings. The predicted molar refractivity (Wildman–Crippen MR) is 63.4 cm³/mol. The number of carbonyl (C=O) groups is 2. The summed E-state index contributed by atoms with van der Waals surface area (Å²) in [4.78, 5) is 25.8. The Labute approximate surface area is 102 Å². The molecule has 4 nitrogen and oxygen atoms in total. The van der Waals surface area contributed by atoms with Crippen LogP contribution >= 0.6 is 0 Å². The molecule has 0 N–H and O–H groups in total. The minimum Gasteiger partial charge on any atom is -0.465 e. The molecule has 1 aliphatic carbocycles. The Balaban J connectivity index is 2.22. The Morgan fingerprint density at radius 1 is 1.59 bits per heavy atom. The number of ether oxygens (including phenoxy) is 1. The zero-order chi connectivity index (χ0) is 12.6. The van der Waals surface area contributed by atoms with Gasteiger partial charge >= 0.3 is 5.97 Å². The molecule has 0 unspecified atom stereocenters. The third-order valence-corrected chi connectivity index (χ3v) is 3.96. The summed E-state index contributed by atoms with van der Waals surface area (Å²) in [6.45, 7) is 4.16. The second kappa shape index (κ2) is 4.61. The van der Waals surface area contributed by atoms with E-state index < -0.39 is 0 Å². The molecule has 0 bridgehead atoms. The SMILES string of the molecule is CCOC(=O)[C@@H]1[C@H](C)[C@H]2C(=O)C=CC[C@@H]2N1C. The Kier molecular flexibility index (Phi) is 3.33. The van der Waals surface area contributed by atoms with Crippen LogP contribution in [0.4, 0.5) is 0 Å². The molecule has 2 rings (SSSR count). The second-order valence-corrected chi connectivity index (χ2v) is 4.86. The lowest BCUT2D eigenvalue weighted by molar-refractivity contribution is -0.149. The van der Waals surface area contributed by atoms with E-state index in [1.54, 1.807) is 13.0 Å². The van der Waals surface area contributed by atoms with Gasteiger partial charge in [-0.15, -0.1) is 0 Å². The van der Waals surface area contributed by atoms with Crippen LogP contribution in [0.25, 0.3) is 0 Å². The van der Waals surface area contributed by atoms with Crippen LogP contribution in [0.15, 0.2) is 12.2 Å². The first-order valence-electron chi connectivity index (χ1n) is 6.16. The van der Waals surface area contributed by atoms with E-state index >= 15 is 0 Å². The van der Waals surface area contributed by atoms with Crippen LogP contribution in [0.1, 0.15) is 20.3 Å². The maximum atomic E-state index is 11.9. The van der Waals surface area contributed by atoms with Gasteiger partial charge in [0.2, 0.25) is 0 Å². The summed E-state index contributed by atoms with van der Waals surface area (Å²) in [7, 11) is 1.91. The van der Waals surface area contributed by atoms with Crippen molar-refractivity contribution in [3.05, 3.63) is 12.2 Å². The maximum Gasteiger partial charge on any atom is 0.323 e. The van der Waals surface area contributed by atoms with Crippen molar-refractivity contribution in [3.8, 4) is 0 Å². The molecule has 0 amide bonds. The zero-order valence-electron chi connectivity index (χ0n) is 10.6. The number of likely N-dealkylation sites (N-methyl/N-ethyl adjacent to an activating group) is 1. The number of esters is 1. The van der Waals surface area contributed by atoms with Crippen molar-refractivity contribution in [3.63, 3.8) is 0 Å². The Morgan fingerprint density at radius 3 is 2.88 bits per heavy atom. The Morgan fingerprint density at radius 2 is 2.29 bits per heavy atom. The van der Waals surface area contributed by atoms with E-state index in [9.17, 15) is 9.59 Å². The van der Waals surface area contributed by atoms with Crippen LogP contribution in [0, 0.1) is 11.8 Å². The molecule has 1 aliphatic heterocycles. The lowest BCUT2D eigenvalue weighted by Crippen LogP contribution is -2.41. The minimum absolute atomic E-state index is 0.0292. The molecular weight excluding hydrogens is 218 g/mol. The van der Waals surface area contributed by atoms with Gasteiger partial charge < -0.3 is 4.74 Å². The maximum absolute atomic E-state index is 11.9. The molecule has 0 aromatic heterocycles. The normalized spacial score (nSPS) is 37.0. The average molecular weight is 237 g/mol. The van der Waals surface area contributed by atoms with Crippen LogP contribution in [0.5, 0.6) is 0 Å². The number of hydrogen-bond donors (Lipinski definition) is 0. The van der Waals surface area contributed by atoms with Gasteiger partial charge in [0, 0.05) is 12.0 Å². The van der Waals surface area contributed by atoms with E-state index in [2.05, 4.69) is 0 Å². The third-order valence-electron chi connectivity index (χ3n) is 3.96. The van der Waals surface area contributed by atoms with Crippen LogP contribution in [0.2, 0.25) is 0 Å². The fourth-order valence-corrected chi connectivity index (χ4v) is 3.18. The fourth-order valence-electron chi connectivity index (χ4n) is 3.18. The van der Waals surface area contributed by atoms with Gasteiger partial charge in [-0.2, -0.15) is 0 Å². The number of carbonyl (C=O) groups excluding carboxylic acids is 2. The smallest absolute Gasteiger partial charge is 0.323 e. The molecule has 0 spiro atoms. The van der Waals surface area contributed by atoms with Gasteiger partial charge in [-0.3, -0.25) is 14.5 Å². The molecular formula is C13H19NO3. The van der Waals surface area contributed by atoms with Crippen molar-refractivity contribution >= 4 is 11.8 Å². The highest BCUT2D eigenvalue weighted by atomic mass is 16.5. The van der Waals surface area contributed by atoms with Gasteiger partial charge in [0.15, 0.2) is 5.78 Å². The van der Waals surface area contributed by atoms with Gasteiger partial charge in [0.1, 0.15) is 6.04 Å². The average Bonchev–Trinajstić information content (AvgIpc) is 2.53. The van der Waals surface area contributed by atoms with Crippen molar-refractivity contribution in [1.29, 1.82) is 0 Å². The predicted octanol–water partition coefficient (Wildman–Crippen LogP) is 1.01. The lowest BCUT2D eigenvalue weighted by Gasteiger charge is -2.26. The monoisotopic (exact) mass is 237 g/mol. The molecule has 2 aliphatic rings. The van der Waals surface area contributed by atoms with E-state index in [1.807, 2.05) is 24.9 Å². The molecule has 4 heteroatoms. The van der Waals surface area contributed by atoms with E-state index in [0.29, 0.717) is 6.61 Å². The van der Waals surface area contributed by atoms with Gasteiger partial charge in [0.05, 0.1) is 6.61 Å². The highest BCUT2D eigenvalue weighted by Crippen LogP contribution is 2.39. The number of likely N-dealkylation sites (tertiary alicyclic amines) is 1. The first-order valence-corrected chi connectivity index (χ1v) is 6.16. The summed E-state index contributed by atoms with van der Waals surface area (Å²) in [6.07, 6.45) is 4.40. The molecule has 0 radical (unpaired) electrons. The van der Waals surface area contributed by atoms with Gasteiger partial charge in [-0.25, -0.2) is 0 Å². The standard InChI is InChI=1S/C13H19NO3/c1-4-17-13(16)12-8(2)11-9(14(12)3)6-5-7-10(11)15/h5,7-9,11-12H,4,6H2,1-3H3/t8-,9+,11-,12+/m1/s1. The summed E-state index contributed by atoms with van der Waals surface area (Å²) in [5.41, 5.74) is 0. The lowest BCUT2D eigenvalue weighted by atomic mass is 9.81. The van der Waals surface area contributed by atoms with Crippen molar-refractivity contribution in [2.45, 2.75) is 32.4 Å². The molecule has 17 heavy (non-hydrogen) atoms. The third kappa shape index (κ3) is 1.90. The fraction of sp³-hybridized carbons (Fsp3) is 0.692. The molecule has 0 saturated carbocycles. The van der Waals surface area contributed by atoms with Crippen LogP contribution in [0.3, 0.4) is 0 Å². The molecule has 1 heterocycles. The number of rotatable bonds is 2. The van der Waals surface area contributed by atoms with Crippen LogP contribution in [-0.2, 0) is 14.3 Å². The van der Waals surface area contributed by atoms with E-state index in [-0.39, 0.29) is 35.7 Å². The first-order chi connectivity index (χ1) is 8.07. The molecule has 4 atom stereocenters. The van der Waals surface area contributed by atoms with Crippen molar-refractivity contribution < 1.29 is 14.3 Å². The molecule has 0 aromatic rings. The second-order valence-electron chi connectivity index (χ2n) is 4.86. The summed E-state index contributed by atoms with van der Waals surface area (Å²) in [6, 6.07) is -0.134. The summed E-state index contributed by atoms with van der Waals surface area (Å²) in [5.74, 6) is -0.0852. The van der Waals surface area contributed by atoms with Crippen LogP contribution < -0.4 is 0 Å². The number of nitrogens with zero attached hydrogens (tertiary/aromatic N) is 1.